The number of nitrogens with zero attached hydrogens (tertiary/aromatic N) is 3. The van der Waals surface area contributed by atoms with Crippen molar-refractivity contribution in [2.45, 2.75) is 32.7 Å². The molecule has 7 heteroatoms. The van der Waals surface area contributed by atoms with Gasteiger partial charge in [0.15, 0.2) is 0 Å². The Balaban J connectivity index is 2.31. The third kappa shape index (κ3) is 3.75. The molecule has 0 bridgehead atoms. The highest BCUT2D eigenvalue weighted by atomic mass is 16.5. The minimum Gasteiger partial charge on any atom is -0.497 e. The maximum absolute atomic E-state index is 13.6. The van der Waals surface area contributed by atoms with Crippen molar-refractivity contribution in [1.82, 2.24) is 14.0 Å². The standard InChI is InChI=1S/C23H27N3O4/c1-5-15-24(3)22(28)19(6-2)26-20-10-8-7-9-18(20)21(27)25(23(26)29)16-11-13-17(30-4)14-12-16/h7-14,19H,5-6,15H2,1-4H3/t19-/m1/s1. The van der Waals surface area contributed by atoms with E-state index in [1.165, 1.54) is 4.57 Å². The zero-order valence-electron chi connectivity index (χ0n) is 17.8. The van der Waals surface area contributed by atoms with E-state index in [0.29, 0.717) is 35.3 Å². The second-order valence-electron chi connectivity index (χ2n) is 7.19. The fraction of sp³-hybridized carbons (Fsp3) is 0.348. The fourth-order valence-electron chi connectivity index (χ4n) is 3.71. The van der Waals surface area contributed by atoms with E-state index in [0.717, 1.165) is 11.0 Å². The van der Waals surface area contributed by atoms with E-state index in [4.69, 9.17) is 4.74 Å². The molecular formula is C23H27N3O4. The number of para-hydroxylation sites is 1. The summed E-state index contributed by atoms with van der Waals surface area (Å²) in [5.74, 6) is 0.474. The topological polar surface area (TPSA) is 73.5 Å². The third-order valence-corrected chi connectivity index (χ3v) is 5.24. The normalized spacial score (nSPS) is 12.0. The van der Waals surface area contributed by atoms with Crippen molar-refractivity contribution in [2.24, 2.45) is 0 Å². The molecule has 0 aliphatic rings. The molecule has 0 saturated carbocycles. The molecule has 7 nitrogen and oxygen atoms in total. The summed E-state index contributed by atoms with van der Waals surface area (Å²) in [7, 11) is 3.29. The Morgan fingerprint density at radius 1 is 1.07 bits per heavy atom. The highest BCUT2D eigenvalue weighted by Gasteiger charge is 2.27. The molecule has 0 saturated heterocycles. The maximum Gasteiger partial charge on any atom is 0.336 e. The number of amides is 1. The molecule has 1 aromatic heterocycles. The quantitative estimate of drug-likeness (QED) is 0.601. The number of carbonyl (C=O) groups excluding carboxylic acids is 1. The first-order valence-electron chi connectivity index (χ1n) is 10.1. The molecule has 0 fully saturated rings. The first kappa shape index (κ1) is 21.4. The average Bonchev–Trinajstić information content (AvgIpc) is 2.77. The highest BCUT2D eigenvalue weighted by Crippen LogP contribution is 2.20. The Hall–Kier alpha value is -3.35. The third-order valence-electron chi connectivity index (χ3n) is 5.24. The molecule has 1 atom stereocenters. The van der Waals surface area contributed by atoms with Crippen LogP contribution >= 0.6 is 0 Å². The van der Waals surface area contributed by atoms with E-state index < -0.39 is 17.3 Å². The lowest BCUT2D eigenvalue weighted by Crippen LogP contribution is -2.44. The van der Waals surface area contributed by atoms with Crippen LogP contribution in [-0.4, -0.2) is 40.6 Å². The minimum atomic E-state index is -0.705. The maximum atomic E-state index is 13.6. The van der Waals surface area contributed by atoms with Crippen LogP contribution in [0.25, 0.3) is 16.6 Å². The lowest BCUT2D eigenvalue weighted by molar-refractivity contribution is -0.133. The van der Waals surface area contributed by atoms with Crippen molar-refractivity contribution < 1.29 is 9.53 Å². The first-order chi connectivity index (χ1) is 14.4. The second-order valence-corrected chi connectivity index (χ2v) is 7.19. The van der Waals surface area contributed by atoms with Crippen molar-refractivity contribution in [1.29, 1.82) is 0 Å². The Morgan fingerprint density at radius 3 is 2.33 bits per heavy atom. The molecule has 2 aromatic carbocycles. The van der Waals surface area contributed by atoms with Crippen molar-refractivity contribution in [3.8, 4) is 11.4 Å². The van der Waals surface area contributed by atoms with Gasteiger partial charge < -0.3 is 9.64 Å². The van der Waals surface area contributed by atoms with Crippen LogP contribution in [0.5, 0.6) is 5.75 Å². The van der Waals surface area contributed by atoms with Gasteiger partial charge >= 0.3 is 5.69 Å². The van der Waals surface area contributed by atoms with Crippen LogP contribution in [0.2, 0.25) is 0 Å². The highest BCUT2D eigenvalue weighted by molar-refractivity contribution is 5.84. The van der Waals surface area contributed by atoms with Gasteiger partial charge in [-0.2, -0.15) is 0 Å². The number of fused-ring (bicyclic) bond motifs is 1. The number of benzene rings is 2. The molecule has 3 aromatic rings. The molecule has 0 radical (unpaired) electrons. The predicted molar refractivity (Wildman–Crippen MR) is 118 cm³/mol. The lowest BCUT2D eigenvalue weighted by Gasteiger charge is -2.26. The fourth-order valence-corrected chi connectivity index (χ4v) is 3.71. The number of hydrogen-bond acceptors (Lipinski definition) is 4. The van der Waals surface area contributed by atoms with Crippen LogP contribution in [-0.2, 0) is 4.79 Å². The van der Waals surface area contributed by atoms with E-state index in [1.54, 1.807) is 67.6 Å². The summed E-state index contributed by atoms with van der Waals surface area (Å²) < 4.78 is 7.75. The van der Waals surface area contributed by atoms with Gasteiger partial charge in [0.2, 0.25) is 5.91 Å². The summed E-state index contributed by atoms with van der Waals surface area (Å²) >= 11 is 0. The zero-order valence-corrected chi connectivity index (χ0v) is 17.8. The van der Waals surface area contributed by atoms with E-state index >= 15 is 0 Å². The minimum absolute atomic E-state index is 0.147. The summed E-state index contributed by atoms with van der Waals surface area (Å²) in [6, 6.07) is 12.9. The molecule has 1 amide bonds. The molecule has 0 spiro atoms. The largest absolute Gasteiger partial charge is 0.497 e. The number of carbonyl (C=O) groups is 1. The summed E-state index contributed by atoms with van der Waals surface area (Å²) in [5, 5.41) is 0.386. The summed E-state index contributed by atoms with van der Waals surface area (Å²) in [5.41, 5.74) is -0.0629. The van der Waals surface area contributed by atoms with Gasteiger partial charge in [-0.05, 0) is 49.2 Å². The van der Waals surface area contributed by atoms with E-state index in [9.17, 15) is 14.4 Å². The molecule has 158 valence electrons. The van der Waals surface area contributed by atoms with E-state index in [2.05, 4.69) is 0 Å². The van der Waals surface area contributed by atoms with Gasteiger partial charge in [0, 0.05) is 13.6 Å². The van der Waals surface area contributed by atoms with Crippen molar-refractivity contribution in [3.63, 3.8) is 0 Å². The van der Waals surface area contributed by atoms with Gasteiger partial charge in [-0.1, -0.05) is 26.0 Å². The Morgan fingerprint density at radius 2 is 1.73 bits per heavy atom. The molecule has 1 heterocycles. The SMILES string of the molecule is CCCN(C)C(=O)[C@@H](CC)n1c(=O)n(-c2ccc(OC)cc2)c(=O)c2ccccc21. The van der Waals surface area contributed by atoms with Crippen molar-refractivity contribution in [3.05, 3.63) is 69.4 Å². The van der Waals surface area contributed by atoms with Crippen LogP contribution in [0.1, 0.15) is 32.7 Å². The van der Waals surface area contributed by atoms with Gasteiger partial charge in [-0.25, -0.2) is 9.36 Å². The van der Waals surface area contributed by atoms with Crippen LogP contribution in [0, 0.1) is 0 Å². The number of hydrogen-bond donors (Lipinski definition) is 0. The first-order valence-corrected chi connectivity index (χ1v) is 10.1. The molecular weight excluding hydrogens is 382 g/mol. The second kappa shape index (κ2) is 8.98. The van der Waals surface area contributed by atoms with Gasteiger partial charge in [0.05, 0.1) is 23.7 Å². The van der Waals surface area contributed by atoms with Crippen molar-refractivity contribution >= 4 is 16.8 Å². The molecule has 0 aliphatic carbocycles. The summed E-state index contributed by atoms with van der Waals surface area (Å²) in [4.78, 5) is 41.5. The lowest BCUT2D eigenvalue weighted by atomic mass is 10.1. The number of likely N-dealkylation sites (N-methyl/N-ethyl adjacent to an activating group) is 1. The zero-order chi connectivity index (χ0) is 21.8. The predicted octanol–water partition coefficient (Wildman–Crippen LogP) is 2.98. The molecule has 30 heavy (non-hydrogen) atoms. The average molecular weight is 409 g/mol. The Bertz CT molecular complexity index is 1160. The van der Waals surface area contributed by atoms with Crippen LogP contribution in [0.3, 0.4) is 0 Å². The van der Waals surface area contributed by atoms with Crippen LogP contribution < -0.4 is 16.0 Å². The van der Waals surface area contributed by atoms with Crippen molar-refractivity contribution in [2.75, 3.05) is 20.7 Å². The molecule has 3 rings (SSSR count). The van der Waals surface area contributed by atoms with Crippen LogP contribution in [0.4, 0.5) is 0 Å². The summed E-state index contributed by atoms with van der Waals surface area (Å²) in [6.07, 6.45) is 1.25. The number of rotatable bonds is 7. The Kier molecular flexibility index (Phi) is 6.40. The smallest absolute Gasteiger partial charge is 0.336 e. The van der Waals surface area contributed by atoms with E-state index in [1.807, 2.05) is 13.8 Å². The number of methoxy groups -OCH3 is 1. The number of aromatic nitrogens is 2. The number of ether oxygens (including phenoxy) is 1. The molecule has 0 N–H and O–H groups in total. The Labute approximate surface area is 175 Å². The van der Waals surface area contributed by atoms with Gasteiger partial charge in [-0.15, -0.1) is 0 Å². The monoisotopic (exact) mass is 409 g/mol. The molecule has 0 aliphatic heterocycles. The van der Waals surface area contributed by atoms with Gasteiger partial charge in [0.25, 0.3) is 5.56 Å². The molecule has 0 unspecified atom stereocenters. The van der Waals surface area contributed by atoms with Crippen LogP contribution in [0.15, 0.2) is 58.1 Å². The summed E-state index contributed by atoms with van der Waals surface area (Å²) in [6.45, 7) is 4.46. The van der Waals surface area contributed by atoms with Gasteiger partial charge in [-0.3, -0.25) is 14.2 Å². The van der Waals surface area contributed by atoms with Gasteiger partial charge in [0.1, 0.15) is 11.8 Å². The van der Waals surface area contributed by atoms with E-state index in [-0.39, 0.29) is 5.91 Å².